The number of nitro benzene ring substituents is 1. The highest BCUT2D eigenvalue weighted by Crippen LogP contribution is 2.24. The molecule has 0 spiro atoms. The van der Waals surface area contributed by atoms with Crippen molar-refractivity contribution in [1.29, 1.82) is 0 Å². The molecule has 0 saturated carbocycles. The lowest BCUT2D eigenvalue weighted by molar-refractivity contribution is -0.385. The van der Waals surface area contributed by atoms with Crippen LogP contribution in [0.4, 0.5) is 11.4 Å². The Labute approximate surface area is 175 Å². The number of nitrogens with zero attached hydrogens (tertiary/aromatic N) is 2. The van der Waals surface area contributed by atoms with Crippen LogP contribution in [0.3, 0.4) is 0 Å². The lowest BCUT2D eigenvalue weighted by Gasteiger charge is -2.09. The predicted octanol–water partition coefficient (Wildman–Crippen LogP) is 2.08. The van der Waals surface area contributed by atoms with E-state index in [1.807, 2.05) is 6.07 Å². The summed E-state index contributed by atoms with van der Waals surface area (Å²) in [6.07, 6.45) is -0.142. The fourth-order valence-corrected chi connectivity index (χ4v) is 2.86. The van der Waals surface area contributed by atoms with Crippen molar-refractivity contribution in [2.75, 3.05) is 18.5 Å². The number of anilines is 1. The Kier molecular flexibility index (Phi) is 6.55. The largest absolute Gasteiger partial charge is 0.456 e. The quantitative estimate of drug-likeness (QED) is 0.283. The minimum atomic E-state index is -0.682. The van der Waals surface area contributed by atoms with Crippen molar-refractivity contribution in [2.45, 2.75) is 13.3 Å². The van der Waals surface area contributed by atoms with E-state index >= 15 is 0 Å². The van der Waals surface area contributed by atoms with Gasteiger partial charge in [-0.15, -0.1) is 0 Å². The van der Waals surface area contributed by atoms with Crippen LogP contribution in [0, 0.1) is 17.0 Å². The highest BCUT2D eigenvalue weighted by atomic mass is 16.6. The number of hydrogen-bond donors (Lipinski definition) is 3. The fourth-order valence-electron chi connectivity index (χ4n) is 2.86. The number of hydrogen-bond acceptors (Lipinski definition) is 7. The monoisotopic (exact) mass is 425 g/mol. The number of nitro groups is 1. The van der Waals surface area contributed by atoms with E-state index in [0.717, 1.165) is 5.52 Å². The molecule has 0 aliphatic heterocycles. The minimum absolute atomic E-state index is 0.00443. The number of benzene rings is 2. The van der Waals surface area contributed by atoms with Crippen LogP contribution in [0.2, 0.25) is 0 Å². The Hall–Kier alpha value is -4.28. The third-order valence-electron chi connectivity index (χ3n) is 4.44. The number of carbonyl (C=O) groups is 3. The molecule has 0 unspecified atom stereocenters. The molecule has 2 aromatic carbocycles. The SMILES string of the molecule is Cc1c(NC(=O)COC(=O)CCNC(=O)c2n[nH]c3ccccc23)cccc1[N+](=O)[O-]. The summed E-state index contributed by atoms with van der Waals surface area (Å²) < 4.78 is 4.88. The molecule has 1 aromatic heterocycles. The molecule has 1 heterocycles. The second-order valence-corrected chi connectivity index (χ2v) is 6.54. The zero-order chi connectivity index (χ0) is 22.4. The van der Waals surface area contributed by atoms with Crippen LogP contribution in [0.25, 0.3) is 10.9 Å². The van der Waals surface area contributed by atoms with E-state index in [1.165, 1.54) is 25.1 Å². The van der Waals surface area contributed by atoms with Gasteiger partial charge in [-0.3, -0.25) is 29.6 Å². The molecule has 3 aromatic rings. The average Bonchev–Trinajstić information content (AvgIpc) is 3.18. The maximum absolute atomic E-state index is 12.2. The molecule has 2 amide bonds. The van der Waals surface area contributed by atoms with Gasteiger partial charge in [-0.1, -0.05) is 24.3 Å². The van der Waals surface area contributed by atoms with E-state index < -0.39 is 29.3 Å². The van der Waals surface area contributed by atoms with Gasteiger partial charge in [0.05, 0.1) is 28.1 Å². The first-order chi connectivity index (χ1) is 14.9. The molecule has 160 valence electrons. The number of aromatic amines is 1. The number of para-hydroxylation sites is 1. The number of esters is 1. The number of ether oxygens (including phenoxy) is 1. The number of amides is 2. The second-order valence-electron chi connectivity index (χ2n) is 6.54. The predicted molar refractivity (Wildman–Crippen MR) is 110 cm³/mol. The average molecular weight is 425 g/mol. The van der Waals surface area contributed by atoms with Crippen molar-refractivity contribution in [3.8, 4) is 0 Å². The maximum Gasteiger partial charge on any atom is 0.308 e. The number of fused-ring (bicyclic) bond motifs is 1. The van der Waals surface area contributed by atoms with Crippen LogP contribution in [0.15, 0.2) is 42.5 Å². The van der Waals surface area contributed by atoms with Crippen molar-refractivity contribution in [1.82, 2.24) is 15.5 Å². The van der Waals surface area contributed by atoms with Crippen LogP contribution in [-0.4, -0.2) is 46.1 Å². The number of H-pyrrole nitrogens is 1. The zero-order valence-corrected chi connectivity index (χ0v) is 16.5. The molecule has 11 heteroatoms. The Morgan fingerprint density at radius 3 is 2.71 bits per heavy atom. The lowest BCUT2D eigenvalue weighted by atomic mass is 10.1. The molecule has 0 radical (unpaired) electrons. The first-order valence-corrected chi connectivity index (χ1v) is 9.27. The van der Waals surface area contributed by atoms with Gasteiger partial charge in [-0.2, -0.15) is 5.10 Å². The van der Waals surface area contributed by atoms with Gasteiger partial charge in [-0.25, -0.2) is 0 Å². The molecule has 0 saturated heterocycles. The molecular formula is C20H19N5O6. The molecule has 11 nitrogen and oxygen atoms in total. The van der Waals surface area contributed by atoms with Crippen molar-refractivity contribution in [3.63, 3.8) is 0 Å². The summed E-state index contributed by atoms with van der Waals surface area (Å²) in [5.41, 5.74) is 1.36. The molecule has 0 aliphatic carbocycles. The topological polar surface area (TPSA) is 156 Å². The van der Waals surface area contributed by atoms with Crippen LogP contribution in [0.1, 0.15) is 22.5 Å². The van der Waals surface area contributed by atoms with Gasteiger partial charge in [0.2, 0.25) is 0 Å². The van der Waals surface area contributed by atoms with Crippen LogP contribution >= 0.6 is 0 Å². The van der Waals surface area contributed by atoms with E-state index in [1.54, 1.807) is 18.2 Å². The van der Waals surface area contributed by atoms with E-state index in [4.69, 9.17) is 4.74 Å². The molecule has 0 aliphatic rings. The first-order valence-electron chi connectivity index (χ1n) is 9.27. The Morgan fingerprint density at radius 2 is 1.94 bits per heavy atom. The Morgan fingerprint density at radius 1 is 1.16 bits per heavy atom. The molecule has 0 atom stereocenters. The van der Waals surface area contributed by atoms with Gasteiger partial charge in [0.25, 0.3) is 17.5 Å². The number of rotatable bonds is 8. The third-order valence-corrected chi connectivity index (χ3v) is 4.44. The van der Waals surface area contributed by atoms with Crippen LogP contribution < -0.4 is 10.6 Å². The van der Waals surface area contributed by atoms with Crippen molar-refractivity contribution in [2.24, 2.45) is 0 Å². The second kappa shape index (κ2) is 9.48. The van der Waals surface area contributed by atoms with Gasteiger partial charge in [0.15, 0.2) is 12.3 Å². The number of aromatic nitrogens is 2. The summed E-state index contributed by atoms with van der Waals surface area (Å²) in [4.78, 5) is 46.4. The molecule has 0 fully saturated rings. The highest BCUT2D eigenvalue weighted by molar-refractivity contribution is 6.04. The normalized spacial score (nSPS) is 10.5. The molecule has 31 heavy (non-hydrogen) atoms. The summed E-state index contributed by atoms with van der Waals surface area (Å²) in [7, 11) is 0. The summed E-state index contributed by atoms with van der Waals surface area (Å²) in [6.45, 7) is 0.953. The third kappa shape index (κ3) is 5.21. The molecular weight excluding hydrogens is 406 g/mol. The standard InChI is InChI=1S/C20H19N5O6/c1-12-14(7-4-8-16(12)25(29)30)22-17(26)11-31-18(27)9-10-21-20(28)19-13-5-2-3-6-15(13)23-24-19/h2-8H,9-11H2,1H3,(H,21,28)(H,22,26)(H,23,24). The first kappa shape index (κ1) is 21.4. The van der Waals surface area contributed by atoms with E-state index in [0.29, 0.717) is 10.9 Å². The highest BCUT2D eigenvalue weighted by Gasteiger charge is 2.16. The van der Waals surface area contributed by atoms with Crippen LogP contribution in [-0.2, 0) is 14.3 Å². The van der Waals surface area contributed by atoms with Gasteiger partial charge in [0.1, 0.15) is 0 Å². The van der Waals surface area contributed by atoms with Crippen molar-refractivity contribution in [3.05, 3.63) is 63.8 Å². The summed E-state index contributed by atoms with van der Waals surface area (Å²) in [5, 5.41) is 23.4. The van der Waals surface area contributed by atoms with Crippen molar-refractivity contribution < 1.29 is 24.0 Å². The summed E-state index contributed by atoms with van der Waals surface area (Å²) >= 11 is 0. The van der Waals surface area contributed by atoms with Gasteiger partial charge in [0, 0.05) is 18.0 Å². The Balaban J connectivity index is 1.43. The molecule has 3 N–H and O–H groups in total. The molecule has 0 bridgehead atoms. The zero-order valence-electron chi connectivity index (χ0n) is 16.5. The van der Waals surface area contributed by atoms with E-state index in [2.05, 4.69) is 20.8 Å². The summed E-state index contributed by atoms with van der Waals surface area (Å²) in [6, 6.07) is 11.4. The van der Waals surface area contributed by atoms with Gasteiger partial charge in [-0.05, 0) is 19.1 Å². The number of carbonyl (C=O) groups excluding carboxylic acids is 3. The smallest absolute Gasteiger partial charge is 0.308 e. The van der Waals surface area contributed by atoms with E-state index in [-0.39, 0.29) is 30.0 Å². The van der Waals surface area contributed by atoms with Crippen LogP contribution in [0.5, 0.6) is 0 Å². The van der Waals surface area contributed by atoms with Gasteiger partial charge < -0.3 is 15.4 Å². The van der Waals surface area contributed by atoms with Crippen molar-refractivity contribution >= 4 is 40.1 Å². The number of nitrogens with one attached hydrogen (secondary N) is 3. The fraction of sp³-hybridized carbons (Fsp3) is 0.200. The maximum atomic E-state index is 12.2. The molecule has 3 rings (SSSR count). The van der Waals surface area contributed by atoms with E-state index in [9.17, 15) is 24.5 Å². The summed E-state index contributed by atoms with van der Waals surface area (Å²) in [5.74, 6) is -1.76. The minimum Gasteiger partial charge on any atom is -0.456 e. The lowest BCUT2D eigenvalue weighted by Crippen LogP contribution is -2.28. The Bertz CT molecular complexity index is 1160. The van der Waals surface area contributed by atoms with Gasteiger partial charge >= 0.3 is 5.97 Å².